The Balaban J connectivity index is 1.97. The number of amides is 1. The summed E-state index contributed by atoms with van der Waals surface area (Å²) in [7, 11) is 1.38. The SMILES string of the molecule is COC(=O)C1CN(C(=O)Cc2ccc(Cl)cc2)CC1C. The van der Waals surface area contributed by atoms with E-state index >= 15 is 0 Å². The standard InChI is InChI=1S/C15H18ClNO3/c1-10-8-17(9-13(10)15(19)20-2)14(18)7-11-3-5-12(16)6-4-11/h3-6,10,13H,7-9H2,1-2H3. The summed E-state index contributed by atoms with van der Waals surface area (Å²) in [4.78, 5) is 25.6. The minimum Gasteiger partial charge on any atom is -0.469 e. The molecule has 0 radical (unpaired) electrons. The van der Waals surface area contributed by atoms with E-state index in [0.29, 0.717) is 24.5 Å². The fraction of sp³-hybridized carbons (Fsp3) is 0.467. The quantitative estimate of drug-likeness (QED) is 0.803. The van der Waals surface area contributed by atoms with E-state index in [1.165, 1.54) is 7.11 Å². The summed E-state index contributed by atoms with van der Waals surface area (Å²) < 4.78 is 4.77. The number of halogens is 1. The number of ether oxygens (including phenoxy) is 1. The van der Waals surface area contributed by atoms with E-state index in [4.69, 9.17) is 16.3 Å². The van der Waals surface area contributed by atoms with Crippen molar-refractivity contribution in [1.29, 1.82) is 0 Å². The smallest absolute Gasteiger partial charge is 0.310 e. The second-order valence-electron chi connectivity index (χ2n) is 5.21. The second-order valence-corrected chi connectivity index (χ2v) is 5.65. The van der Waals surface area contributed by atoms with Crippen LogP contribution in [0.3, 0.4) is 0 Å². The Morgan fingerprint density at radius 3 is 2.55 bits per heavy atom. The molecule has 0 N–H and O–H groups in total. The molecule has 2 atom stereocenters. The molecular weight excluding hydrogens is 278 g/mol. The molecule has 1 saturated heterocycles. The molecule has 0 bridgehead atoms. The van der Waals surface area contributed by atoms with Gasteiger partial charge in [-0.05, 0) is 23.6 Å². The molecule has 0 saturated carbocycles. The van der Waals surface area contributed by atoms with Crippen LogP contribution in [0.1, 0.15) is 12.5 Å². The van der Waals surface area contributed by atoms with Gasteiger partial charge in [-0.2, -0.15) is 0 Å². The van der Waals surface area contributed by atoms with Gasteiger partial charge < -0.3 is 9.64 Å². The van der Waals surface area contributed by atoms with Crippen molar-refractivity contribution in [3.8, 4) is 0 Å². The van der Waals surface area contributed by atoms with Crippen LogP contribution in [0.5, 0.6) is 0 Å². The number of hydrogen-bond acceptors (Lipinski definition) is 3. The largest absolute Gasteiger partial charge is 0.469 e. The van der Waals surface area contributed by atoms with E-state index in [9.17, 15) is 9.59 Å². The molecule has 1 aromatic carbocycles. The van der Waals surface area contributed by atoms with Crippen LogP contribution in [0.2, 0.25) is 5.02 Å². The van der Waals surface area contributed by atoms with E-state index in [1.54, 1.807) is 17.0 Å². The van der Waals surface area contributed by atoms with Gasteiger partial charge in [-0.1, -0.05) is 30.7 Å². The summed E-state index contributed by atoms with van der Waals surface area (Å²) >= 11 is 5.82. The Hall–Kier alpha value is -1.55. The predicted molar refractivity (Wildman–Crippen MR) is 76.4 cm³/mol. The monoisotopic (exact) mass is 295 g/mol. The van der Waals surface area contributed by atoms with Crippen LogP contribution in [-0.4, -0.2) is 37.0 Å². The molecule has 4 nitrogen and oxygen atoms in total. The van der Waals surface area contributed by atoms with Crippen molar-refractivity contribution in [3.05, 3.63) is 34.9 Å². The average molecular weight is 296 g/mol. The van der Waals surface area contributed by atoms with Crippen molar-refractivity contribution < 1.29 is 14.3 Å². The highest BCUT2D eigenvalue weighted by atomic mass is 35.5. The molecule has 1 amide bonds. The van der Waals surface area contributed by atoms with Crippen LogP contribution in [0.4, 0.5) is 0 Å². The molecule has 20 heavy (non-hydrogen) atoms. The molecule has 1 aliphatic rings. The Kier molecular flexibility index (Phi) is 4.65. The highest BCUT2D eigenvalue weighted by Gasteiger charge is 2.37. The van der Waals surface area contributed by atoms with Crippen LogP contribution in [0.15, 0.2) is 24.3 Å². The van der Waals surface area contributed by atoms with Crippen molar-refractivity contribution in [2.24, 2.45) is 11.8 Å². The first kappa shape index (κ1) is 14.9. The molecule has 108 valence electrons. The molecule has 1 heterocycles. The highest BCUT2D eigenvalue weighted by Crippen LogP contribution is 2.24. The third-order valence-corrected chi connectivity index (χ3v) is 3.99. The van der Waals surface area contributed by atoms with Gasteiger partial charge in [0.15, 0.2) is 0 Å². The molecule has 0 aromatic heterocycles. The Morgan fingerprint density at radius 1 is 1.30 bits per heavy atom. The number of methoxy groups -OCH3 is 1. The summed E-state index contributed by atoms with van der Waals surface area (Å²) in [5.41, 5.74) is 0.925. The molecule has 2 unspecified atom stereocenters. The predicted octanol–water partition coefficient (Wildman–Crippen LogP) is 2.15. The van der Waals surface area contributed by atoms with Gasteiger partial charge in [0, 0.05) is 18.1 Å². The summed E-state index contributed by atoms with van der Waals surface area (Å²) in [5.74, 6) is -0.282. The first-order chi connectivity index (χ1) is 9.51. The molecule has 1 fully saturated rings. The van der Waals surface area contributed by atoms with Crippen LogP contribution in [-0.2, 0) is 20.7 Å². The maximum absolute atomic E-state index is 12.2. The molecule has 2 rings (SSSR count). The first-order valence-electron chi connectivity index (χ1n) is 6.61. The zero-order valence-electron chi connectivity index (χ0n) is 11.6. The van der Waals surface area contributed by atoms with Crippen molar-refractivity contribution >= 4 is 23.5 Å². The number of carbonyl (C=O) groups is 2. The molecule has 1 aromatic rings. The van der Waals surface area contributed by atoms with Crippen molar-refractivity contribution in [2.45, 2.75) is 13.3 Å². The van der Waals surface area contributed by atoms with Gasteiger partial charge in [0.25, 0.3) is 0 Å². The van der Waals surface area contributed by atoms with Crippen LogP contribution < -0.4 is 0 Å². The lowest BCUT2D eigenvalue weighted by molar-refractivity contribution is -0.146. The Bertz CT molecular complexity index is 500. The Labute approximate surface area is 123 Å². The fourth-order valence-corrected chi connectivity index (χ4v) is 2.64. The summed E-state index contributed by atoms with van der Waals surface area (Å²) in [5, 5.41) is 0.654. The summed E-state index contributed by atoms with van der Waals surface area (Å²) in [6.45, 7) is 3.02. The number of rotatable bonds is 3. The third-order valence-electron chi connectivity index (χ3n) is 3.74. The second kappa shape index (κ2) is 6.27. The van der Waals surface area contributed by atoms with Crippen molar-refractivity contribution in [2.75, 3.05) is 20.2 Å². The van der Waals surface area contributed by atoms with E-state index in [-0.39, 0.29) is 23.7 Å². The number of esters is 1. The summed E-state index contributed by atoms with van der Waals surface area (Å²) in [6.07, 6.45) is 0.331. The highest BCUT2D eigenvalue weighted by molar-refractivity contribution is 6.30. The third kappa shape index (κ3) is 3.31. The van der Waals surface area contributed by atoms with Crippen LogP contribution in [0.25, 0.3) is 0 Å². The van der Waals surface area contributed by atoms with Crippen LogP contribution >= 0.6 is 11.6 Å². The molecule has 5 heteroatoms. The van der Waals surface area contributed by atoms with Crippen molar-refractivity contribution in [3.63, 3.8) is 0 Å². The number of hydrogen-bond donors (Lipinski definition) is 0. The molecule has 0 aliphatic carbocycles. The topological polar surface area (TPSA) is 46.6 Å². The van der Waals surface area contributed by atoms with E-state index in [2.05, 4.69) is 0 Å². The van der Waals surface area contributed by atoms with E-state index < -0.39 is 0 Å². The number of nitrogens with zero attached hydrogens (tertiary/aromatic N) is 1. The minimum absolute atomic E-state index is 0.0329. The molecular formula is C15H18ClNO3. The van der Waals surface area contributed by atoms with E-state index in [1.807, 2.05) is 19.1 Å². The number of carbonyl (C=O) groups excluding carboxylic acids is 2. The van der Waals surface area contributed by atoms with Gasteiger partial charge in [-0.25, -0.2) is 0 Å². The van der Waals surface area contributed by atoms with Crippen LogP contribution in [0, 0.1) is 11.8 Å². The van der Waals surface area contributed by atoms with E-state index in [0.717, 1.165) is 5.56 Å². The van der Waals surface area contributed by atoms with Crippen molar-refractivity contribution in [1.82, 2.24) is 4.90 Å². The van der Waals surface area contributed by atoms with Gasteiger partial charge in [0.05, 0.1) is 19.4 Å². The summed E-state index contributed by atoms with van der Waals surface area (Å²) in [6, 6.07) is 7.23. The first-order valence-corrected chi connectivity index (χ1v) is 6.99. The number of benzene rings is 1. The maximum atomic E-state index is 12.2. The molecule has 1 aliphatic heterocycles. The average Bonchev–Trinajstić information content (AvgIpc) is 2.82. The number of likely N-dealkylation sites (tertiary alicyclic amines) is 1. The minimum atomic E-state index is -0.237. The lowest BCUT2D eigenvalue weighted by Crippen LogP contribution is -2.31. The zero-order chi connectivity index (χ0) is 14.7. The van der Waals surface area contributed by atoms with Gasteiger partial charge in [-0.15, -0.1) is 0 Å². The lowest BCUT2D eigenvalue weighted by Gasteiger charge is -2.16. The normalized spacial score (nSPS) is 21.9. The zero-order valence-corrected chi connectivity index (χ0v) is 12.4. The molecule has 0 spiro atoms. The fourth-order valence-electron chi connectivity index (χ4n) is 2.52. The van der Waals surface area contributed by atoms with Gasteiger partial charge in [-0.3, -0.25) is 9.59 Å². The van der Waals surface area contributed by atoms with Gasteiger partial charge >= 0.3 is 5.97 Å². The lowest BCUT2D eigenvalue weighted by atomic mass is 9.99. The Morgan fingerprint density at radius 2 is 1.95 bits per heavy atom. The van der Waals surface area contributed by atoms with Gasteiger partial charge in [0.2, 0.25) is 5.91 Å². The van der Waals surface area contributed by atoms with Gasteiger partial charge in [0.1, 0.15) is 0 Å². The maximum Gasteiger partial charge on any atom is 0.310 e.